The smallest absolute Gasteiger partial charge is 0.242 e. The summed E-state index contributed by atoms with van der Waals surface area (Å²) in [6.45, 7) is 10.7. The third-order valence-corrected chi connectivity index (χ3v) is 3.60. The molecule has 0 spiro atoms. The Morgan fingerprint density at radius 2 is 1.37 bits per heavy atom. The Labute approximate surface area is 116 Å². The summed E-state index contributed by atoms with van der Waals surface area (Å²) in [7, 11) is -1.53. The average molecular weight is 268 g/mol. The summed E-state index contributed by atoms with van der Waals surface area (Å²) in [4.78, 5) is 0. The zero-order valence-electron chi connectivity index (χ0n) is 11.8. The van der Waals surface area contributed by atoms with Gasteiger partial charge in [0.2, 0.25) is 8.32 Å². The van der Waals surface area contributed by atoms with Gasteiger partial charge in [0, 0.05) is 0 Å². The monoisotopic (exact) mass is 268 g/mol. The maximum Gasteiger partial charge on any atom is 0.242 e. The minimum absolute atomic E-state index is 0.948. The van der Waals surface area contributed by atoms with Gasteiger partial charge in [0.15, 0.2) is 0 Å². The Kier molecular flexibility index (Phi) is 3.91. The zero-order valence-corrected chi connectivity index (χ0v) is 12.8. The first-order valence-corrected chi connectivity index (χ1v) is 9.90. The van der Waals surface area contributed by atoms with Crippen molar-refractivity contribution in [1.29, 1.82) is 0 Å². The van der Waals surface area contributed by atoms with E-state index in [4.69, 9.17) is 4.43 Å². The second-order valence-electron chi connectivity index (χ2n) is 5.58. The highest BCUT2D eigenvalue weighted by Crippen LogP contribution is 2.24. The first kappa shape index (κ1) is 13.6. The first-order valence-electron chi connectivity index (χ1n) is 6.49. The van der Waals surface area contributed by atoms with E-state index in [1.54, 1.807) is 0 Å². The molecule has 0 bridgehead atoms. The van der Waals surface area contributed by atoms with Crippen molar-refractivity contribution >= 4 is 13.9 Å². The van der Waals surface area contributed by atoms with Crippen molar-refractivity contribution in [3.05, 3.63) is 72.3 Å². The molecule has 0 aliphatic heterocycles. The van der Waals surface area contributed by atoms with Gasteiger partial charge in [-0.2, -0.15) is 0 Å². The molecule has 0 aromatic heterocycles. The molecule has 0 heterocycles. The molecule has 0 amide bonds. The molecule has 2 aromatic carbocycles. The Morgan fingerprint density at radius 3 is 1.89 bits per heavy atom. The van der Waals surface area contributed by atoms with E-state index in [0.29, 0.717) is 0 Å². The Hall–Kier alpha value is -1.80. The third-order valence-electron chi connectivity index (χ3n) is 2.75. The summed E-state index contributed by atoms with van der Waals surface area (Å²) in [5, 5.41) is 0. The van der Waals surface area contributed by atoms with Crippen molar-refractivity contribution in [2.75, 3.05) is 0 Å². The molecule has 0 N–H and O–H groups in total. The molecular weight excluding hydrogens is 248 g/mol. The normalized spacial score (nSPS) is 11.1. The quantitative estimate of drug-likeness (QED) is 0.712. The average Bonchev–Trinajstić information content (AvgIpc) is 2.38. The molecule has 0 saturated carbocycles. The maximum absolute atomic E-state index is 5.95. The molecule has 0 fully saturated rings. The third kappa shape index (κ3) is 3.83. The molecule has 0 radical (unpaired) electrons. The second-order valence-corrected chi connectivity index (χ2v) is 10.0. The molecule has 0 aliphatic carbocycles. The molecule has 2 heteroatoms. The molecule has 98 valence electrons. The van der Waals surface area contributed by atoms with Crippen LogP contribution < -0.4 is 4.43 Å². The van der Waals surface area contributed by atoms with Gasteiger partial charge in [-0.05, 0) is 48.5 Å². The van der Waals surface area contributed by atoms with Gasteiger partial charge in [-0.3, -0.25) is 0 Å². The van der Waals surface area contributed by atoms with Gasteiger partial charge in [0.25, 0.3) is 0 Å². The maximum atomic E-state index is 5.95. The summed E-state index contributed by atoms with van der Waals surface area (Å²) in [5.41, 5.74) is 3.33. The fourth-order valence-electron chi connectivity index (χ4n) is 1.88. The van der Waals surface area contributed by atoms with Crippen LogP contribution >= 0.6 is 0 Å². The van der Waals surface area contributed by atoms with Gasteiger partial charge in [-0.15, -0.1) is 0 Å². The summed E-state index contributed by atoms with van der Waals surface area (Å²) < 4.78 is 5.95. The number of benzene rings is 2. The van der Waals surface area contributed by atoms with Crippen LogP contribution in [-0.2, 0) is 0 Å². The molecule has 2 aromatic rings. The lowest BCUT2D eigenvalue weighted by molar-refractivity contribution is 0.557. The highest BCUT2D eigenvalue weighted by Gasteiger charge is 2.16. The Balaban J connectivity index is 2.17. The molecule has 0 aliphatic rings. The van der Waals surface area contributed by atoms with E-state index in [9.17, 15) is 0 Å². The van der Waals surface area contributed by atoms with Gasteiger partial charge in [-0.25, -0.2) is 0 Å². The first-order chi connectivity index (χ1) is 8.96. The molecule has 1 nitrogen and oxygen atoms in total. The highest BCUT2D eigenvalue weighted by molar-refractivity contribution is 6.70. The van der Waals surface area contributed by atoms with Crippen LogP contribution in [0.2, 0.25) is 19.6 Å². The van der Waals surface area contributed by atoms with E-state index in [2.05, 4.69) is 50.5 Å². The van der Waals surface area contributed by atoms with E-state index >= 15 is 0 Å². The molecule has 0 atom stereocenters. The largest absolute Gasteiger partial charge is 0.544 e. The van der Waals surface area contributed by atoms with Gasteiger partial charge >= 0.3 is 0 Å². The Morgan fingerprint density at radius 1 is 0.842 bits per heavy atom. The summed E-state index contributed by atoms with van der Waals surface area (Å²) in [5.74, 6) is 0.948. The number of hydrogen-bond acceptors (Lipinski definition) is 1. The van der Waals surface area contributed by atoms with E-state index in [0.717, 1.165) is 22.4 Å². The van der Waals surface area contributed by atoms with Gasteiger partial charge < -0.3 is 4.43 Å². The van der Waals surface area contributed by atoms with E-state index < -0.39 is 8.32 Å². The second kappa shape index (κ2) is 5.45. The zero-order chi connectivity index (χ0) is 13.9. The van der Waals surface area contributed by atoms with Crippen LogP contribution in [0.25, 0.3) is 5.57 Å². The molecule has 19 heavy (non-hydrogen) atoms. The predicted octanol–water partition coefficient (Wildman–Crippen LogP) is 4.96. The van der Waals surface area contributed by atoms with E-state index in [1.807, 2.05) is 30.3 Å². The van der Waals surface area contributed by atoms with Crippen molar-refractivity contribution in [3.63, 3.8) is 0 Å². The molecule has 0 saturated heterocycles. The summed E-state index contributed by atoms with van der Waals surface area (Å²) in [6, 6.07) is 18.4. The van der Waals surface area contributed by atoms with Crippen LogP contribution in [0.1, 0.15) is 11.1 Å². The predicted molar refractivity (Wildman–Crippen MR) is 85.0 cm³/mol. The van der Waals surface area contributed by atoms with E-state index in [-0.39, 0.29) is 0 Å². The molecule has 0 unspecified atom stereocenters. The van der Waals surface area contributed by atoms with Crippen LogP contribution in [0, 0.1) is 0 Å². The summed E-state index contributed by atoms with van der Waals surface area (Å²) in [6.07, 6.45) is 0. The van der Waals surface area contributed by atoms with Gasteiger partial charge in [-0.1, -0.05) is 49.0 Å². The van der Waals surface area contributed by atoms with Crippen molar-refractivity contribution in [1.82, 2.24) is 0 Å². The fourth-order valence-corrected chi connectivity index (χ4v) is 2.73. The number of hydrogen-bond donors (Lipinski definition) is 0. The highest BCUT2D eigenvalue weighted by atomic mass is 28.4. The van der Waals surface area contributed by atoms with Crippen LogP contribution in [0.15, 0.2) is 61.2 Å². The minimum atomic E-state index is -1.53. The van der Waals surface area contributed by atoms with Gasteiger partial charge in [0.1, 0.15) is 5.75 Å². The van der Waals surface area contributed by atoms with Gasteiger partial charge in [0.05, 0.1) is 0 Å². The standard InChI is InChI=1S/C17H20OSi/c1-14(15-8-6-5-7-9-15)16-10-12-17(13-11-16)18-19(2,3)4/h5-13H,1H2,2-4H3. The lowest BCUT2D eigenvalue weighted by Gasteiger charge is -2.19. The summed E-state index contributed by atoms with van der Waals surface area (Å²) >= 11 is 0. The lowest BCUT2D eigenvalue weighted by atomic mass is 10.00. The van der Waals surface area contributed by atoms with Crippen LogP contribution in [0.4, 0.5) is 0 Å². The van der Waals surface area contributed by atoms with Crippen molar-refractivity contribution in [3.8, 4) is 5.75 Å². The van der Waals surface area contributed by atoms with Crippen LogP contribution in [-0.4, -0.2) is 8.32 Å². The van der Waals surface area contributed by atoms with E-state index in [1.165, 1.54) is 0 Å². The van der Waals surface area contributed by atoms with Crippen molar-refractivity contribution in [2.45, 2.75) is 19.6 Å². The SMILES string of the molecule is C=C(c1ccccc1)c1ccc(O[Si](C)(C)C)cc1. The molecular formula is C17H20OSi. The van der Waals surface area contributed by atoms with Crippen molar-refractivity contribution < 1.29 is 4.43 Å². The topological polar surface area (TPSA) is 9.23 Å². The van der Waals surface area contributed by atoms with Crippen molar-refractivity contribution in [2.24, 2.45) is 0 Å². The Bertz CT molecular complexity index is 550. The number of rotatable bonds is 4. The minimum Gasteiger partial charge on any atom is -0.544 e. The van der Waals surface area contributed by atoms with Crippen LogP contribution in [0.5, 0.6) is 5.75 Å². The lowest BCUT2D eigenvalue weighted by Crippen LogP contribution is -2.29. The molecule has 2 rings (SSSR count). The fraction of sp³-hybridized carbons (Fsp3) is 0.176. The van der Waals surface area contributed by atoms with Crippen LogP contribution in [0.3, 0.4) is 0 Å².